The van der Waals surface area contributed by atoms with Gasteiger partial charge in [0.1, 0.15) is 0 Å². The number of halogens is 1. The van der Waals surface area contributed by atoms with E-state index < -0.39 is 15.9 Å². The fraction of sp³-hybridized carbons (Fsp3) is 0.316. The number of rotatable bonds is 5. The second-order valence-electron chi connectivity index (χ2n) is 6.50. The molecule has 144 valence electrons. The first-order valence-electron chi connectivity index (χ1n) is 8.63. The molecule has 0 spiro atoms. The second-order valence-corrected chi connectivity index (χ2v) is 8.59. The summed E-state index contributed by atoms with van der Waals surface area (Å²) in [5.41, 5.74) is 1.51. The summed E-state index contributed by atoms with van der Waals surface area (Å²) >= 11 is 6.13. The third-order valence-electron chi connectivity index (χ3n) is 4.26. The number of sulfonamides is 1. The number of aryl methyl sites for hydroxylation is 1. The molecule has 1 unspecified atom stereocenters. The lowest BCUT2D eigenvalue weighted by Gasteiger charge is -2.23. The van der Waals surface area contributed by atoms with E-state index in [9.17, 15) is 13.2 Å². The molecule has 1 atom stereocenters. The van der Waals surface area contributed by atoms with Crippen molar-refractivity contribution in [2.45, 2.75) is 30.7 Å². The van der Waals surface area contributed by atoms with Gasteiger partial charge in [-0.05, 0) is 55.7 Å². The lowest BCUT2D eigenvalue weighted by molar-refractivity contribution is 0.0624. The van der Waals surface area contributed by atoms with Gasteiger partial charge in [0.05, 0.1) is 28.1 Å². The molecule has 1 aliphatic rings. The van der Waals surface area contributed by atoms with Gasteiger partial charge in [-0.15, -0.1) is 0 Å². The van der Waals surface area contributed by atoms with Gasteiger partial charge in [-0.2, -0.15) is 0 Å². The first kappa shape index (κ1) is 19.7. The Hall–Kier alpha value is -2.09. The number of nitrogens with one attached hydrogen (secondary N) is 2. The number of carbonyl (C=O) groups excluding carboxylic acids is 1. The van der Waals surface area contributed by atoms with Crippen LogP contribution in [-0.2, 0) is 14.8 Å². The van der Waals surface area contributed by atoms with Crippen molar-refractivity contribution in [1.82, 2.24) is 5.32 Å². The number of anilines is 1. The summed E-state index contributed by atoms with van der Waals surface area (Å²) in [4.78, 5) is 12.5. The van der Waals surface area contributed by atoms with Crippen molar-refractivity contribution in [3.63, 3.8) is 0 Å². The van der Waals surface area contributed by atoms with Crippen LogP contribution in [-0.4, -0.2) is 33.6 Å². The summed E-state index contributed by atoms with van der Waals surface area (Å²) < 4.78 is 33.2. The molecule has 1 amide bonds. The zero-order chi connectivity index (χ0) is 19.4. The molecule has 1 heterocycles. The van der Waals surface area contributed by atoms with Crippen LogP contribution in [0.1, 0.15) is 28.8 Å². The van der Waals surface area contributed by atoms with Crippen LogP contribution in [0.2, 0.25) is 5.02 Å². The van der Waals surface area contributed by atoms with Crippen molar-refractivity contribution in [2.75, 3.05) is 17.9 Å². The number of hydrogen-bond acceptors (Lipinski definition) is 4. The minimum atomic E-state index is -3.85. The molecular formula is C19H21ClN2O4S. The first-order chi connectivity index (χ1) is 12.8. The predicted molar refractivity (Wildman–Crippen MR) is 105 cm³/mol. The third kappa shape index (κ3) is 5.00. The highest BCUT2D eigenvalue weighted by molar-refractivity contribution is 7.92. The van der Waals surface area contributed by atoms with E-state index in [-0.39, 0.29) is 21.5 Å². The molecule has 2 aromatic rings. The van der Waals surface area contributed by atoms with E-state index in [0.29, 0.717) is 18.9 Å². The summed E-state index contributed by atoms with van der Waals surface area (Å²) in [5.74, 6) is -0.414. The fourth-order valence-corrected chi connectivity index (χ4v) is 4.16. The summed E-state index contributed by atoms with van der Waals surface area (Å²) in [5, 5.41) is 3.04. The van der Waals surface area contributed by atoms with Crippen molar-refractivity contribution in [1.29, 1.82) is 0 Å². The molecule has 0 bridgehead atoms. The first-order valence-corrected chi connectivity index (χ1v) is 10.5. The van der Waals surface area contributed by atoms with Gasteiger partial charge >= 0.3 is 0 Å². The molecule has 2 N–H and O–H groups in total. The molecule has 1 fully saturated rings. The van der Waals surface area contributed by atoms with Crippen LogP contribution in [0.4, 0.5) is 5.69 Å². The molecule has 27 heavy (non-hydrogen) atoms. The van der Waals surface area contributed by atoms with Gasteiger partial charge in [-0.25, -0.2) is 8.42 Å². The smallest absolute Gasteiger partial charge is 0.261 e. The Morgan fingerprint density at radius 1 is 1.22 bits per heavy atom. The van der Waals surface area contributed by atoms with Crippen LogP contribution in [0.15, 0.2) is 47.4 Å². The van der Waals surface area contributed by atoms with E-state index in [0.717, 1.165) is 18.4 Å². The van der Waals surface area contributed by atoms with Crippen LogP contribution in [0.5, 0.6) is 0 Å². The van der Waals surface area contributed by atoms with Crippen LogP contribution < -0.4 is 10.0 Å². The molecule has 1 saturated heterocycles. The third-order valence-corrected chi connectivity index (χ3v) is 5.97. The van der Waals surface area contributed by atoms with E-state index in [1.54, 1.807) is 18.2 Å². The number of carbonyl (C=O) groups is 1. The highest BCUT2D eigenvalue weighted by atomic mass is 35.5. The quantitative estimate of drug-likeness (QED) is 0.794. The SMILES string of the molecule is Cc1cccc(NS(=O)(=O)c2ccc(Cl)c(C(=O)NC3CCCOC3)c2)c1. The lowest BCUT2D eigenvalue weighted by atomic mass is 10.1. The van der Waals surface area contributed by atoms with Crippen molar-refractivity contribution in [3.05, 3.63) is 58.6 Å². The lowest BCUT2D eigenvalue weighted by Crippen LogP contribution is -2.40. The van der Waals surface area contributed by atoms with E-state index in [1.807, 2.05) is 13.0 Å². The van der Waals surface area contributed by atoms with Crippen molar-refractivity contribution in [3.8, 4) is 0 Å². The maximum atomic E-state index is 12.7. The summed E-state index contributed by atoms with van der Waals surface area (Å²) in [6.45, 7) is 3.00. The normalized spacial score (nSPS) is 17.3. The highest BCUT2D eigenvalue weighted by Crippen LogP contribution is 2.23. The molecule has 1 aliphatic heterocycles. The van der Waals surface area contributed by atoms with Crippen molar-refractivity contribution >= 4 is 33.2 Å². The van der Waals surface area contributed by atoms with Crippen LogP contribution in [0.25, 0.3) is 0 Å². The number of hydrogen-bond donors (Lipinski definition) is 2. The van der Waals surface area contributed by atoms with Crippen molar-refractivity contribution in [2.24, 2.45) is 0 Å². The summed E-state index contributed by atoms with van der Waals surface area (Å²) in [6.07, 6.45) is 1.68. The summed E-state index contributed by atoms with van der Waals surface area (Å²) in [6, 6.07) is 11.0. The van der Waals surface area contributed by atoms with Gasteiger partial charge in [-0.1, -0.05) is 23.7 Å². The summed E-state index contributed by atoms with van der Waals surface area (Å²) in [7, 11) is -3.85. The molecule has 2 aromatic carbocycles. The highest BCUT2D eigenvalue weighted by Gasteiger charge is 2.22. The molecule has 3 rings (SSSR count). The average Bonchev–Trinajstić information content (AvgIpc) is 2.62. The van der Waals surface area contributed by atoms with Gasteiger partial charge < -0.3 is 10.1 Å². The Morgan fingerprint density at radius 2 is 2.04 bits per heavy atom. The second kappa shape index (κ2) is 8.29. The predicted octanol–water partition coefficient (Wildman–Crippen LogP) is 3.36. The van der Waals surface area contributed by atoms with Gasteiger partial charge in [0.2, 0.25) is 0 Å². The maximum Gasteiger partial charge on any atom is 0.261 e. The number of benzene rings is 2. The molecule has 0 aliphatic carbocycles. The maximum absolute atomic E-state index is 12.7. The van der Waals surface area contributed by atoms with E-state index in [4.69, 9.17) is 16.3 Å². The van der Waals surface area contributed by atoms with Gasteiger partial charge in [0.15, 0.2) is 0 Å². The molecule has 0 saturated carbocycles. The molecule has 8 heteroatoms. The number of amides is 1. The van der Waals surface area contributed by atoms with E-state index in [2.05, 4.69) is 10.0 Å². The average molecular weight is 409 g/mol. The Bertz CT molecular complexity index is 940. The standard InChI is InChI=1S/C19H21ClN2O4S/c1-13-4-2-5-14(10-13)22-27(24,25)16-7-8-18(20)17(11-16)19(23)21-15-6-3-9-26-12-15/h2,4-5,7-8,10-11,15,22H,3,6,9,12H2,1H3,(H,21,23). The van der Waals surface area contributed by atoms with Crippen molar-refractivity contribution < 1.29 is 17.9 Å². The topological polar surface area (TPSA) is 84.5 Å². The Kier molecular flexibility index (Phi) is 6.04. The molecule has 0 radical (unpaired) electrons. The fourth-order valence-electron chi connectivity index (χ4n) is 2.89. The minimum absolute atomic E-state index is 0.0292. The Labute approximate surface area is 163 Å². The molecular weight excluding hydrogens is 388 g/mol. The van der Waals surface area contributed by atoms with E-state index in [1.165, 1.54) is 18.2 Å². The van der Waals surface area contributed by atoms with Crippen LogP contribution in [0, 0.1) is 6.92 Å². The molecule has 0 aromatic heterocycles. The monoisotopic (exact) mass is 408 g/mol. The Balaban J connectivity index is 1.82. The van der Waals surface area contributed by atoms with Crippen LogP contribution >= 0.6 is 11.6 Å². The Morgan fingerprint density at radius 3 is 2.74 bits per heavy atom. The van der Waals surface area contributed by atoms with Gasteiger partial charge in [0.25, 0.3) is 15.9 Å². The van der Waals surface area contributed by atoms with Gasteiger partial charge in [-0.3, -0.25) is 9.52 Å². The molecule has 6 nitrogen and oxygen atoms in total. The van der Waals surface area contributed by atoms with Crippen LogP contribution in [0.3, 0.4) is 0 Å². The zero-order valence-corrected chi connectivity index (χ0v) is 16.4. The zero-order valence-electron chi connectivity index (χ0n) is 14.9. The minimum Gasteiger partial charge on any atom is -0.379 e. The number of ether oxygens (including phenoxy) is 1. The van der Waals surface area contributed by atoms with Gasteiger partial charge in [0, 0.05) is 12.3 Å². The van der Waals surface area contributed by atoms with E-state index >= 15 is 0 Å². The largest absolute Gasteiger partial charge is 0.379 e.